The van der Waals surface area contributed by atoms with Crippen molar-refractivity contribution >= 4 is 23.8 Å². The van der Waals surface area contributed by atoms with E-state index in [2.05, 4.69) is 0 Å². The van der Waals surface area contributed by atoms with Gasteiger partial charge in [0.2, 0.25) is 0 Å². The number of thioether (sulfide) groups is 1. The third-order valence-electron chi connectivity index (χ3n) is 3.14. The van der Waals surface area contributed by atoms with Crippen molar-refractivity contribution in [1.82, 2.24) is 4.90 Å². The summed E-state index contributed by atoms with van der Waals surface area (Å²) in [4.78, 5) is 25.2. The average molecular weight is 328 g/mol. The van der Waals surface area contributed by atoms with E-state index in [0.717, 1.165) is 6.42 Å². The van der Waals surface area contributed by atoms with Gasteiger partial charge in [-0.2, -0.15) is 5.26 Å². The summed E-state index contributed by atoms with van der Waals surface area (Å²) in [6, 6.07) is 1.78. The highest BCUT2D eigenvalue weighted by atomic mass is 32.2. The van der Waals surface area contributed by atoms with Crippen molar-refractivity contribution in [3.05, 3.63) is 0 Å². The van der Waals surface area contributed by atoms with Gasteiger partial charge in [-0.3, -0.25) is 9.69 Å². The van der Waals surface area contributed by atoms with Crippen molar-refractivity contribution in [2.45, 2.75) is 51.4 Å². The van der Waals surface area contributed by atoms with E-state index in [4.69, 9.17) is 14.7 Å². The number of carbonyl (C=O) groups is 2. The Hall–Kier alpha value is -1.42. The van der Waals surface area contributed by atoms with Crippen LogP contribution in [0, 0.1) is 17.2 Å². The quantitative estimate of drug-likeness (QED) is 0.722. The Morgan fingerprint density at radius 3 is 2.73 bits per heavy atom. The maximum atomic E-state index is 12.0. The molecule has 1 rings (SSSR count). The van der Waals surface area contributed by atoms with Crippen LogP contribution in [-0.2, 0) is 14.3 Å². The van der Waals surface area contributed by atoms with E-state index in [1.165, 1.54) is 0 Å². The fraction of sp³-hybridized carbons (Fsp3) is 0.800. The van der Waals surface area contributed by atoms with Gasteiger partial charge in [0.05, 0.1) is 11.8 Å². The summed E-state index contributed by atoms with van der Waals surface area (Å²) < 4.78 is 10.1. The zero-order valence-corrected chi connectivity index (χ0v) is 14.4. The van der Waals surface area contributed by atoms with Crippen LogP contribution in [0.3, 0.4) is 0 Å². The van der Waals surface area contributed by atoms with Crippen LogP contribution in [0.1, 0.15) is 40.5 Å². The van der Waals surface area contributed by atoms with Gasteiger partial charge in [-0.25, -0.2) is 4.79 Å². The molecular weight excluding hydrogens is 304 g/mol. The minimum Gasteiger partial charge on any atom is -0.450 e. The fourth-order valence-electron chi connectivity index (χ4n) is 1.97. The number of esters is 1. The molecule has 0 aromatic carbocycles. The Kier molecular flexibility index (Phi) is 7.01. The number of nitrogens with zero attached hydrogens (tertiary/aromatic N) is 2. The lowest BCUT2D eigenvalue weighted by Gasteiger charge is -2.24. The normalized spacial score (nSPS) is 19.4. The van der Waals surface area contributed by atoms with Crippen LogP contribution in [0.5, 0.6) is 0 Å². The van der Waals surface area contributed by atoms with Gasteiger partial charge in [0, 0.05) is 11.8 Å². The molecule has 0 unspecified atom stereocenters. The Balaban J connectivity index is 2.31. The number of ether oxygens (including phenoxy) is 2. The Labute approximate surface area is 136 Å². The van der Waals surface area contributed by atoms with E-state index in [1.54, 1.807) is 29.7 Å². The van der Waals surface area contributed by atoms with Crippen molar-refractivity contribution in [2.24, 2.45) is 5.92 Å². The van der Waals surface area contributed by atoms with Gasteiger partial charge < -0.3 is 9.47 Å². The van der Waals surface area contributed by atoms with Crippen molar-refractivity contribution in [1.29, 1.82) is 5.26 Å². The summed E-state index contributed by atoms with van der Waals surface area (Å²) in [5, 5.41) is 8.69. The first-order valence-electron chi connectivity index (χ1n) is 7.36. The second-order valence-electron chi connectivity index (χ2n) is 6.36. The molecule has 1 heterocycles. The number of rotatable bonds is 5. The van der Waals surface area contributed by atoms with Crippen LogP contribution in [-0.4, -0.2) is 46.8 Å². The summed E-state index contributed by atoms with van der Waals surface area (Å²) in [6.45, 7) is 7.78. The van der Waals surface area contributed by atoms with Crippen molar-refractivity contribution in [3.63, 3.8) is 0 Å². The highest BCUT2D eigenvalue weighted by molar-refractivity contribution is 8.00. The van der Waals surface area contributed by atoms with Gasteiger partial charge in [-0.05, 0) is 33.6 Å². The number of hydrogen-bond donors (Lipinski definition) is 0. The highest BCUT2D eigenvalue weighted by Gasteiger charge is 2.30. The predicted molar refractivity (Wildman–Crippen MR) is 84.2 cm³/mol. The number of hydrogen-bond acceptors (Lipinski definition) is 6. The van der Waals surface area contributed by atoms with Gasteiger partial charge >= 0.3 is 12.1 Å². The van der Waals surface area contributed by atoms with E-state index >= 15 is 0 Å². The molecule has 0 saturated carbocycles. The topological polar surface area (TPSA) is 79.6 Å². The lowest BCUT2D eigenvalue weighted by molar-refractivity contribution is -0.146. The highest BCUT2D eigenvalue weighted by Crippen LogP contribution is 2.28. The smallest absolute Gasteiger partial charge is 0.411 e. The third kappa shape index (κ3) is 6.56. The SMILES string of the molecule is C[C@@H](CC[C@H]1CN(C(=O)OC(C)(C)C)CS1)C(=O)OCC#N. The molecule has 0 radical (unpaired) electrons. The third-order valence-corrected chi connectivity index (χ3v) is 4.46. The van der Waals surface area contributed by atoms with E-state index < -0.39 is 5.60 Å². The molecule has 7 heteroatoms. The first kappa shape index (κ1) is 18.6. The Bertz CT molecular complexity index is 442. The van der Waals surface area contributed by atoms with Crippen LogP contribution < -0.4 is 0 Å². The van der Waals surface area contributed by atoms with Crippen LogP contribution in [0.25, 0.3) is 0 Å². The standard InChI is InChI=1S/C15H24N2O4S/c1-11(13(18)20-8-7-16)5-6-12-9-17(10-22-12)14(19)21-15(2,3)4/h11-12H,5-6,8-10H2,1-4H3/t11-,12-/m0/s1. The summed E-state index contributed by atoms with van der Waals surface area (Å²) in [6.07, 6.45) is 1.22. The molecule has 0 aromatic heterocycles. The monoisotopic (exact) mass is 328 g/mol. The molecular formula is C15H24N2O4S. The largest absolute Gasteiger partial charge is 0.450 e. The molecule has 22 heavy (non-hydrogen) atoms. The molecule has 1 saturated heterocycles. The summed E-state index contributed by atoms with van der Waals surface area (Å²) in [7, 11) is 0. The molecule has 124 valence electrons. The predicted octanol–water partition coefficient (Wildman–Crippen LogP) is 2.78. The number of amides is 1. The van der Waals surface area contributed by atoms with Gasteiger partial charge in [0.1, 0.15) is 11.7 Å². The van der Waals surface area contributed by atoms with Crippen molar-refractivity contribution in [2.75, 3.05) is 19.0 Å². The molecule has 2 atom stereocenters. The van der Waals surface area contributed by atoms with Gasteiger partial charge in [0.25, 0.3) is 0 Å². The Morgan fingerprint density at radius 1 is 1.45 bits per heavy atom. The van der Waals surface area contributed by atoms with Crippen LogP contribution in [0.4, 0.5) is 4.79 Å². The molecule has 0 aromatic rings. The van der Waals surface area contributed by atoms with Crippen molar-refractivity contribution in [3.8, 4) is 6.07 Å². The first-order chi connectivity index (χ1) is 10.2. The van der Waals surface area contributed by atoms with Crippen molar-refractivity contribution < 1.29 is 19.1 Å². The van der Waals surface area contributed by atoms with Gasteiger partial charge in [0.15, 0.2) is 6.61 Å². The van der Waals surface area contributed by atoms with E-state index in [0.29, 0.717) is 24.1 Å². The first-order valence-corrected chi connectivity index (χ1v) is 8.41. The van der Waals surface area contributed by atoms with Crippen LogP contribution in [0.15, 0.2) is 0 Å². The van der Waals surface area contributed by atoms with Crippen LogP contribution >= 0.6 is 11.8 Å². The average Bonchev–Trinajstić information content (AvgIpc) is 2.89. The van der Waals surface area contributed by atoms with Gasteiger partial charge in [-0.1, -0.05) is 6.92 Å². The van der Waals surface area contributed by atoms with E-state index in [9.17, 15) is 9.59 Å². The number of nitriles is 1. The fourth-order valence-corrected chi connectivity index (χ4v) is 3.16. The molecule has 0 aliphatic carbocycles. The number of carbonyl (C=O) groups excluding carboxylic acids is 2. The van der Waals surface area contributed by atoms with Crippen LogP contribution in [0.2, 0.25) is 0 Å². The zero-order chi connectivity index (χ0) is 16.8. The molecule has 6 nitrogen and oxygen atoms in total. The summed E-state index contributed by atoms with van der Waals surface area (Å²) in [5.74, 6) is 0.0467. The maximum absolute atomic E-state index is 12.0. The maximum Gasteiger partial charge on any atom is 0.411 e. The molecule has 0 bridgehead atoms. The molecule has 1 amide bonds. The molecule has 1 aliphatic heterocycles. The lowest BCUT2D eigenvalue weighted by Crippen LogP contribution is -2.35. The molecule has 1 aliphatic rings. The zero-order valence-electron chi connectivity index (χ0n) is 13.6. The lowest BCUT2D eigenvalue weighted by atomic mass is 10.0. The summed E-state index contributed by atoms with van der Waals surface area (Å²) in [5.41, 5.74) is -0.487. The minimum absolute atomic E-state index is 0.201. The second-order valence-corrected chi connectivity index (χ2v) is 7.62. The summed E-state index contributed by atoms with van der Waals surface area (Å²) >= 11 is 1.70. The van der Waals surface area contributed by atoms with E-state index in [-0.39, 0.29) is 24.6 Å². The van der Waals surface area contributed by atoms with Gasteiger partial charge in [-0.15, -0.1) is 11.8 Å². The molecule has 0 N–H and O–H groups in total. The Morgan fingerprint density at radius 2 is 2.14 bits per heavy atom. The minimum atomic E-state index is -0.487. The molecule has 1 fully saturated rings. The van der Waals surface area contributed by atoms with E-state index in [1.807, 2.05) is 20.8 Å². The second kappa shape index (κ2) is 8.28. The molecule has 0 spiro atoms.